The van der Waals surface area contributed by atoms with Gasteiger partial charge in [0.15, 0.2) is 11.5 Å². The Labute approximate surface area is 134 Å². The fourth-order valence-corrected chi connectivity index (χ4v) is 4.45. The number of pyridine rings is 1. The zero-order chi connectivity index (χ0) is 15.6. The minimum absolute atomic E-state index is 0.100. The first-order valence-corrected chi connectivity index (χ1v) is 8.31. The van der Waals surface area contributed by atoms with Gasteiger partial charge in [-0.05, 0) is 43.7 Å². The van der Waals surface area contributed by atoms with Gasteiger partial charge in [-0.25, -0.2) is 0 Å². The molecule has 3 heterocycles. The molecule has 5 nitrogen and oxygen atoms in total. The lowest BCUT2D eigenvalue weighted by molar-refractivity contribution is 0.173. The minimum atomic E-state index is -0.100. The van der Waals surface area contributed by atoms with Crippen molar-refractivity contribution in [3.05, 3.63) is 23.9 Å². The molecule has 1 unspecified atom stereocenters. The lowest BCUT2D eigenvalue weighted by Gasteiger charge is -2.22. The lowest BCUT2D eigenvalue weighted by atomic mass is 10.0. The maximum Gasteiger partial charge on any atom is 0.231 e. The number of aliphatic hydroxyl groups excluding tert-OH is 1. The Morgan fingerprint density at radius 2 is 1.78 bits per heavy atom. The quantitative estimate of drug-likeness (QED) is 0.877. The van der Waals surface area contributed by atoms with Crippen molar-refractivity contribution in [3.8, 4) is 11.5 Å². The highest BCUT2D eigenvalue weighted by atomic mass is 16.7. The molecular formula is C18H20N2O3. The highest BCUT2D eigenvalue weighted by molar-refractivity contribution is 5.94. The van der Waals surface area contributed by atoms with Crippen LogP contribution >= 0.6 is 0 Å². The Hall–Kier alpha value is -2.01. The number of aryl methyl sites for hydroxylation is 1. The molecule has 1 N–H and O–H groups in total. The first-order chi connectivity index (χ1) is 11.2. The predicted octanol–water partition coefficient (Wildman–Crippen LogP) is 2.48. The van der Waals surface area contributed by atoms with E-state index < -0.39 is 0 Å². The molecule has 2 fully saturated rings. The molecular weight excluding hydrogens is 292 g/mol. The van der Waals surface area contributed by atoms with E-state index in [0.717, 1.165) is 54.0 Å². The number of hydrogen-bond acceptors (Lipinski definition) is 5. The van der Waals surface area contributed by atoms with Crippen LogP contribution in [0.5, 0.6) is 11.5 Å². The van der Waals surface area contributed by atoms with E-state index in [4.69, 9.17) is 9.47 Å². The fraction of sp³-hybridized carbons (Fsp3) is 0.500. The van der Waals surface area contributed by atoms with Crippen LogP contribution in [0.25, 0.3) is 10.9 Å². The van der Waals surface area contributed by atoms with E-state index >= 15 is 0 Å². The second-order valence-corrected chi connectivity index (χ2v) is 7.06. The smallest absolute Gasteiger partial charge is 0.231 e. The molecule has 5 rings (SSSR count). The predicted molar refractivity (Wildman–Crippen MR) is 87.0 cm³/mol. The van der Waals surface area contributed by atoms with E-state index in [9.17, 15) is 5.11 Å². The molecule has 1 saturated heterocycles. The van der Waals surface area contributed by atoms with Crippen molar-refractivity contribution in [3.63, 3.8) is 0 Å². The van der Waals surface area contributed by atoms with Gasteiger partial charge < -0.3 is 19.5 Å². The highest BCUT2D eigenvalue weighted by Crippen LogP contribution is 2.43. The Kier molecular flexibility index (Phi) is 2.77. The van der Waals surface area contributed by atoms with Crippen molar-refractivity contribution < 1.29 is 14.6 Å². The van der Waals surface area contributed by atoms with Crippen LogP contribution in [0.1, 0.15) is 18.5 Å². The largest absolute Gasteiger partial charge is 0.454 e. The van der Waals surface area contributed by atoms with Crippen molar-refractivity contribution >= 4 is 16.6 Å². The van der Waals surface area contributed by atoms with E-state index in [0.29, 0.717) is 11.8 Å². The Bertz CT molecular complexity index is 777. The average molecular weight is 312 g/mol. The topological polar surface area (TPSA) is 54.8 Å². The summed E-state index contributed by atoms with van der Waals surface area (Å²) in [5, 5.41) is 11.0. The summed E-state index contributed by atoms with van der Waals surface area (Å²) in [4.78, 5) is 7.13. The number of rotatable bonds is 1. The van der Waals surface area contributed by atoms with E-state index in [2.05, 4.69) is 22.0 Å². The van der Waals surface area contributed by atoms with Crippen LogP contribution in [0.15, 0.2) is 18.2 Å². The maximum atomic E-state index is 9.85. The summed E-state index contributed by atoms with van der Waals surface area (Å²) < 4.78 is 11.0. The summed E-state index contributed by atoms with van der Waals surface area (Å²) in [6.07, 6.45) is 1.78. The maximum absolute atomic E-state index is 9.85. The normalized spacial score (nSPS) is 28.6. The number of hydrogen-bond donors (Lipinski definition) is 1. The molecule has 3 atom stereocenters. The summed E-state index contributed by atoms with van der Waals surface area (Å²) >= 11 is 0. The van der Waals surface area contributed by atoms with Gasteiger partial charge in [0.1, 0.15) is 0 Å². The second-order valence-electron chi connectivity index (χ2n) is 7.06. The van der Waals surface area contributed by atoms with Gasteiger partial charge in [-0.1, -0.05) is 0 Å². The van der Waals surface area contributed by atoms with Gasteiger partial charge in [-0.15, -0.1) is 0 Å². The number of aliphatic hydroxyl groups is 1. The van der Waals surface area contributed by atoms with E-state index in [1.165, 1.54) is 5.69 Å². The van der Waals surface area contributed by atoms with Crippen LogP contribution < -0.4 is 14.4 Å². The number of ether oxygens (including phenoxy) is 2. The van der Waals surface area contributed by atoms with Crippen LogP contribution in [0.4, 0.5) is 5.69 Å². The van der Waals surface area contributed by atoms with Gasteiger partial charge in [0.05, 0.1) is 11.6 Å². The molecule has 0 radical (unpaired) electrons. The Balaban J connectivity index is 1.59. The van der Waals surface area contributed by atoms with Gasteiger partial charge in [-0.2, -0.15) is 0 Å². The summed E-state index contributed by atoms with van der Waals surface area (Å²) in [5.41, 5.74) is 3.21. The van der Waals surface area contributed by atoms with Crippen molar-refractivity contribution in [1.29, 1.82) is 0 Å². The molecule has 0 spiro atoms. The van der Waals surface area contributed by atoms with Crippen LogP contribution in [-0.4, -0.2) is 36.1 Å². The van der Waals surface area contributed by atoms with Crippen LogP contribution in [0.2, 0.25) is 0 Å². The third-order valence-corrected chi connectivity index (χ3v) is 5.48. The van der Waals surface area contributed by atoms with Crippen molar-refractivity contribution in [2.45, 2.75) is 25.9 Å². The second kappa shape index (κ2) is 4.74. The zero-order valence-corrected chi connectivity index (χ0v) is 13.2. The SMILES string of the molecule is Cc1cc(N2C[C@H]3CC(O)C[C@H]3C2)c2cc3c(cc2n1)OCO3. The monoisotopic (exact) mass is 312 g/mol. The van der Waals surface area contributed by atoms with E-state index in [-0.39, 0.29) is 12.9 Å². The molecule has 1 aromatic heterocycles. The van der Waals surface area contributed by atoms with Gasteiger partial charge in [0, 0.05) is 35.9 Å². The van der Waals surface area contributed by atoms with Gasteiger partial charge in [0.25, 0.3) is 0 Å². The van der Waals surface area contributed by atoms with Crippen LogP contribution in [0, 0.1) is 18.8 Å². The van der Waals surface area contributed by atoms with Crippen molar-refractivity contribution in [2.24, 2.45) is 11.8 Å². The van der Waals surface area contributed by atoms with Gasteiger partial charge >= 0.3 is 0 Å². The van der Waals surface area contributed by atoms with E-state index in [1.807, 2.05) is 13.0 Å². The first kappa shape index (κ1) is 13.4. The number of anilines is 1. The number of nitrogens with zero attached hydrogens (tertiary/aromatic N) is 2. The minimum Gasteiger partial charge on any atom is -0.454 e. The summed E-state index contributed by atoms with van der Waals surface area (Å²) in [7, 11) is 0. The third kappa shape index (κ3) is 2.06. The molecule has 2 aliphatic heterocycles. The third-order valence-electron chi connectivity index (χ3n) is 5.48. The molecule has 0 amide bonds. The molecule has 1 aliphatic carbocycles. The number of benzene rings is 1. The number of aromatic nitrogens is 1. The average Bonchev–Trinajstić information content (AvgIpc) is 3.17. The van der Waals surface area contributed by atoms with Crippen LogP contribution in [0.3, 0.4) is 0 Å². The van der Waals surface area contributed by atoms with Crippen molar-refractivity contribution in [1.82, 2.24) is 4.98 Å². The summed E-state index contributed by atoms with van der Waals surface area (Å²) in [5.74, 6) is 2.81. The van der Waals surface area contributed by atoms with Crippen molar-refractivity contribution in [2.75, 3.05) is 24.8 Å². The molecule has 120 valence electrons. The Morgan fingerprint density at radius 1 is 1.09 bits per heavy atom. The summed E-state index contributed by atoms with van der Waals surface area (Å²) in [6, 6.07) is 6.21. The molecule has 0 bridgehead atoms. The summed E-state index contributed by atoms with van der Waals surface area (Å²) in [6.45, 7) is 4.36. The van der Waals surface area contributed by atoms with Gasteiger partial charge in [-0.3, -0.25) is 4.98 Å². The van der Waals surface area contributed by atoms with Gasteiger partial charge in [0.2, 0.25) is 6.79 Å². The standard InChI is InChI=1S/C18H20N2O3/c1-10-2-16(20-7-11-3-13(21)4-12(11)8-20)14-5-17-18(23-9-22-17)6-15(14)19-10/h2,5-6,11-13,21H,3-4,7-9H2,1H3/t11-,12+,13?. The number of fused-ring (bicyclic) bond motifs is 3. The molecule has 1 saturated carbocycles. The zero-order valence-electron chi connectivity index (χ0n) is 13.2. The van der Waals surface area contributed by atoms with Crippen LogP contribution in [-0.2, 0) is 0 Å². The fourth-order valence-electron chi connectivity index (χ4n) is 4.45. The molecule has 3 aliphatic rings. The molecule has 5 heteroatoms. The van der Waals surface area contributed by atoms with E-state index in [1.54, 1.807) is 0 Å². The Morgan fingerprint density at radius 3 is 2.52 bits per heavy atom. The first-order valence-electron chi connectivity index (χ1n) is 8.31. The lowest BCUT2D eigenvalue weighted by Crippen LogP contribution is -2.23. The highest BCUT2D eigenvalue weighted by Gasteiger charge is 2.40. The molecule has 23 heavy (non-hydrogen) atoms. The molecule has 1 aromatic carbocycles. The molecule has 2 aromatic rings.